The first kappa shape index (κ1) is 20.9. The van der Waals surface area contributed by atoms with E-state index >= 15 is 0 Å². The largest absolute Gasteiger partial charge is 0.450 e. The summed E-state index contributed by atoms with van der Waals surface area (Å²) in [5, 5.41) is 3.32. The number of carbonyl (C=O) groups excluding carboxylic acids is 1. The molecule has 7 nitrogen and oxygen atoms in total. The number of anilines is 1. The van der Waals surface area contributed by atoms with Crippen molar-refractivity contribution in [3.63, 3.8) is 0 Å². The topological polar surface area (TPSA) is 86.4 Å². The Labute approximate surface area is 179 Å². The van der Waals surface area contributed by atoms with Crippen molar-refractivity contribution in [3.8, 4) is 0 Å². The number of aromatic nitrogens is 2. The van der Waals surface area contributed by atoms with Crippen LogP contribution in [0.25, 0.3) is 22.0 Å². The van der Waals surface area contributed by atoms with Crippen molar-refractivity contribution < 1.29 is 22.7 Å². The van der Waals surface area contributed by atoms with E-state index in [1.54, 1.807) is 43.3 Å². The van der Waals surface area contributed by atoms with Gasteiger partial charge in [0.1, 0.15) is 5.58 Å². The van der Waals surface area contributed by atoms with E-state index in [1.807, 2.05) is 0 Å². The molecule has 1 N–H and O–H groups in total. The first-order chi connectivity index (χ1) is 15.0. The second-order valence-corrected chi connectivity index (χ2v) is 7.41. The van der Waals surface area contributed by atoms with Crippen LogP contribution in [0.5, 0.6) is 0 Å². The normalized spacial score (nSPS) is 11.4. The first-order valence-electron chi connectivity index (χ1n) is 9.34. The summed E-state index contributed by atoms with van der Waals surface area (Å²) in [7, 11) is 0. The molecule has 10 heteroatoms. The summed E-state index contributed by atoms with van der Waals surface area (Å²) in [6, 6.07) is 12.8. The predicted molar refractivity (Wildman–Crippen MR) is 114 cm³/mol. The lowest BCUT2D eigenvalue weighted by Crippen LogP contribution is -2.13. The van der Waals surface area contributed by atoms with Crippen LogP contribution in [0, 0.1) is 0 Å². The highest BCUT2D eigenvalue weighted by atomic mass is 32.2. The van der Waals surface area contributed by atoms with Crippen LogP contribution in [0.3, 0.4) is 0 Å². The fraction of sp³-hybridized carbons (Fsp3) is 0.190. The number of nitrogens with one attached hydrogen (secondary N) is 1. The minimum atomic E-state index is -2.75. The predicted octanol–water partition coefficient (Wildman–Crippen LogP) is 5.40. The number of nitrogens with zero attached hydrogens (tertiary/aromatic N) is 2. The Balaban J connectivity index is 1.65. The third kappa shape index (κ3) is 4.38. The maximum Gasteiger partial charge on any atom is 0.411 e. The number of alkyl halides is 2. The molecule has 0 aliphatic heterocycles. The van der Waals surface area contributed by atoms with E-state index in [2.05, 4.69) is 10.3 Å². The van der Waals surface area contributed by atoms with Crippen LogP contribution < -0.4 is 10.9 Å². The van der Waals surface area contributed by atoms with Crippen LogP contribution in [0.4, 0.5) is 19.3 Å². The van der Waals surface area contributed by atoms with Gasteiger partial charge in [-0.1, -0.05) is 23.9 Å². The highest BCUT2D eigenvalue weighted by Gasteiger charge is 2.18. The SMILES string of the molecule is CCOC(=O)Nc1ccc2c(CSc3nc4ccccc4n3C(F)F)cc(=O)oc2c1. The number of hydrogen-bond acceptors (Lipinski definition) is 6. The van der Waals surface area contributed by atoms with Crippen molar-refractivity contribution in [1.82, 2.24) is 9.55 Å². The van der Waals surface area contributed by atoms with Crippen LogP contribution in [-0.4, -0.2) is 22.3 Å². The average molecular weight is 445 g/mol. The number of fused-ring (bicyclic) bond motifs is 2. The quantitative estimate of drug-likeness (QED) is 0.316. The molecule has 0 aliphatic rings. The summed E-state index contributed by atoms with van der Waals surface area (Å²) < 4.78 is 38.2. The fourth-order valence-corrected chi connectivity index (χ4v) is 4.17. The number of amides is 1. The van der Waals surface area contributed by atoms with Gasteiger partial charge in [0.25, 0.3) is 0 Å². The Morgan fingerprint density at radius 1 is 1.26 bits per heavy atom. The van der Waals surface area contributed by atoms with Crippen molar-refractivity contribution in [2.45, 2.75) is 24.4 Å². The van der Waals surface area contributed by atoms with Crippen LogP contribution >= 0.6 is 11.8 Å². The van der Waals surface area contributed by atoms with Gasteiger partial charge in [0.15, 0.2) is 5.16 Å². The number of ether oxygens (including phenoxy) is 1. The minimum absolute atomic E-state index is 0.151. The van der Waals surface area contributed by atoms with E-state index in [9.17, 15) is 18.4 Å². The summed E-state index contributed by atoms with van der Waals surface area (Å²) in [6.45, 7) is -0.839. The molecule has 0 spiro atoms. The summed E-state index contributed by atoms with van der Waals surface area (Å²) in [6.07, 6.45) is -0.623. The number of rotatable bonds is 6. The van der Waals surface area contributed by atoms with Gasteiger partial charge < -0.3 is 9.15 Å². The van der Waals surface area contributed by atoms with Gasteiger partial charge in [-0.2, -0.15) is 8.78 Å². The molecule has 0 unspecified atom stereocenters. The number of carbonyl (C=O) groups is 1. The lowest BCUT2D eigenvalue weighted by atomic mass is 10.1. The minimum Gasteiger partial charge on any atom is -0.450 e. The molecular formula is C21H17F2N3O4S. The Kier molecular flexibility index (Phi) is 5.90. The van der Waals surface area contributed by atoms with Crippen molar-refractivity contribution in [3.05, 3.63) is 64.5 Å². The van der Waals surface area contributed by atoms with Gasteiger partial charge in [-0.15, -0.1) is 0 Å². The summed E-state index contributed by atoms with van der Waals surface area (Å²) in [4.78, 5) is 27.9. The Morgan fingerprint density at radius 2 is 2.06 bits per heavy atom. The number of halogens is 2. The zero-order valence-electron chi connectivity index (χ0n) is 16.3. The van der Waals surface area contributed by atoms with Crippen molar-refractivity contribution in [1.29, 1.82) is 0 Å². The molecule has 0 bridgehead atoms. The zero-order valence-corrected chi connectivity index (χ0v) is 17.1. The third-order valence-corrected chi connectivity index (χ3v) is 5.47. The van der Waals surface area contributed by atoms with Crippen molar-refractivity contribution >= 4 is 45.5 Å². The maximum absolute atomic E-state index is 13.6. The van der Waals surface area contributed by atoms with Crippen LogP contribution in [-0.2, 0) is 10.5 Å². The molecule has 0 radical (unpaired) electrons. The van der Waals surface area contributed by atoms with E-state index in [0.29, 0.717) is 27.7 Å². The summed E-state index contributed by atoms with van der Waals surface area (Å²) in [5.74, 6) is 0.225. The standard InChI is InChI=1S/C21H17F2N3O4S/c1-2-29-21(28)24-13-7-8-14-12(9-18(27)30-17(14)10-13)11-31-20-25-15-5-3-4-6-16(15)26(20)19(22)23/h3-10,19H,2,11H2,1H3,(H,24,28). The second kappa shape index (κ2) is 8.76. The van der Waals surface area contributed by atoms with Gasteiger partial charge >= 0.3 is 18.3 Å². The molecule has 0 fully saturated rings. The first-order valence-corrected chi connectivity index (χ1v) is 10.3. The number of benzene rings is 2. The van der Waals surface area contributed by atoms with Crippen LogP contribution in [0.1, 0.15) is 19.0 Å². The fourth-order valence-electron chi connectivity index (χ4n) is 3.17. The molecule has 160 valence electrons. The van der Waals surface area contributed by atoms with Gasteiger partial charge in [-0.25, -0.2) is 14.6 Å². The molecule has 0 atom stereocenters. The maximum atomic E-state index is 13.6. The molecule has 0 saturated heterocycles. The molecule has 2 aromatic heterocycles. The number of thioether (sulfide) groups is 1. The molecule has 31 heavy (non-hydrogen) atoms. The molecule has 4 rings (SSSR count). The van der Waals surface area contributed by atoms with E-state index in [1.165, 1.54) is 12.1 Å². The van der Waals surface area contributed by atoms with Gasteiger partial charge in [-0.3, -0.25) is 9.88 Å². The Morgan fingerprint density at radius 3 is 2.84 bits per heavy atom. The lowest BCUT2D eigenvalue weighted by molar-refractivity contribution is 0.0656. The molecular weight excluding hydrogens is 428 g/mol. The Bertz CT molecular complexity index is 1320. The van der Waals surface area contributed by atoms with E-state index < -0.39 is 18.3 Å². The zero-order chi connectivity index (χ0) is 22.0. The molecule has 0 aliphatic carbocycles. The van der Waals surface area contributed by atoms with Crippen LogP contribution in [0.2, 0.25) is 0 Å². The second-order valence-electron chi connectivity index (χ2n) is 6.47. The smallest absolute Gasteiger partial charge is 0.411 e. The molecule has 0 saturated carbocycles. The van der Waals surface area contributed by atoms with Gasteiger partial charge in [0.2, 0.25) is 0 Å². The summed E-state index contributed by atoms with van der Waals surface area (Å²) >= 11 is 1.10. The van der Waals surface area contributed by atoms with Crippen molar-refractivity contribution in [2.75, 3.05) is 11.9 Å². The lowest BCUT2D eigenvalue weighted by Gasteiger charge is -2.09. The van der Waals surface area contributed by atoms with E-state index in [0.717, 1.165) is 16.3 Å². The van der Waals surface area contributed by atoms with Gasteiger partial charge in [-0.05, 0) is 36.8 Å². The monoisotopic (exact) mass is 445 g/mol. The Hall–Kier alpha value is -3.40. The molecule has 2 aromatic carbocycles. The number of para-hydroxylation sites is 2. The molecule has 4 aromatic rings. The highest BCUT2D eigenvalue weighted by Crippen LogP contribution is 2.32. The molecule has 1 amide bonds. The summed E-state index contributed by atoms with van der Waals surface area (Å²) in [5.41, 5.74) is 1.49. The van der Waals surface area contributed by atoms with Crippen LogP contribution in [0.15, 0.2) is 62.9 Å². The average Bonchev–Trinajstić information content (AvgIpc) is 3.10. The van der Waals surface area contributed by atoms with E-state index in [4.69, 9.17) is 9.15 Å². The van der Waals surface area contributed by atoms with Gasteiger partial charge in [0.05, 0.1) is 17.6 Å². The highest BCUT2D eigenvalue weighted by molar-refractivity contribution is 7.98. The number of imidazole rings is 1. The van der Waals surface area contributed by atoms with Crippen molar-refractivity contribution in [2.24, 2.45) is 0 Å². The number of hydrogen-bond donors (Lipinski definition) is 1. The third-order valence-electron chi connectivity index (χ3n) is 4.47. The molecule has 2 heterocycles. The van der Waals surface area contributed by atoms with E-state index in [-0.39, 0.29) is 23.1 Å². The van der Waals surface area contributed by atoms with Gasteiger partial charge in [0, 0.05) is 29.0 Å².